The summed E-state index contributed by atoms with van der Waals surface area (Å²) >= 11 is 0. The minimum absolute atomic E-state index is 0.110. The third kappa shape index (κ3) is 2.30. The van der Waals surface area contributed by atoms with Gasteiger partial charge in [-0.05, 0) is 39.2 Å². The van der Waals surface area contributed by atoms with E-state index in [2.05, 4.69) is 20.4 Å². The molecule has 1 spiro atoms. The van der Waals surface area contributed by atoms with Crippen molar-refractivity contribution in [2.24, 2.45) is 5.41 Å². The Morgan fingerprint density at radius 3 is 2.96 bits per heavy atom. The summed E-state index contributed by atoms with van der Waals surface area (Å²) in [5.41, 5.74) is 1.01. The van der Waals surface area contributed by atoms with Gasteiger partial charge in [0.15, 0.2) is 0 Å². The average Bonchev–Trinajstić information content (AvgIpc) is 3.23. The van der Waals surface area contributed by atoms with Gasteiger partial charge in [0.05, 0.1) is 6.10 Å². The van der Waals surface area contributed by atoms with Crippen LogP contribution in [0, 0.1) is 12.3 Å². The monoisotopic (exact) mass is 329 g/mol. The number of aryl methyl sites for hydroxylation is 1. The normalized spacial score (nSPS) is 25.1. The van der Waals surface area contributed by atoms with Gasteiger partial charge in [-0.15, -0.1) is 5.10 Å². The molecule has 2 aliphatic carbocycles. The summed E-state index contributed by atoms with van der Waals surface area (Å²) in [5, 5.41) is 7.44. The number of aromatic nitrogens is 4. The van der Waals surface area contributed by atoms with E-state index in [0.29, 0.717) is 5.78 Å². The number of carbonyl (C=O) groups is 1. The van der Waals surface area contributed by atoms with E-state index in [1.54, 1.807) is 10.7 Å². The molecule has 1 amide bonds. The minimum Gasteiger partial charge on any atom is -0.378 e. The topological polar surface area (TPSA) is 81.4 Å². The molecule has 2 atom stereocenters. The van der Waals surface area contributed by atoms with Crippen molar-refractivity contribution in [3.8, 4) is 0 Å². The molecule has 0 radical (unpaired) electrons. The van der Waals surface area contributed by atoms with Gasteiger partial charge < -0.3 is 10.1 Å². The van der Waals surface area contributed by atoms with Crippen molar-refractivity contribution in [1.82, 2.24) is 24.9 Å². The Morgan fingerprint density at radius 2 is 2.25 bits per heavy atom. The first-order valence-electron chi connectivity index (χ1n) is 8.75. The second-order valence-electron chi connectivity index (χ2n) is 6.88. The molecule has 0 aromatic carbocycles. The number of ether oxygens (including phenoxy) is 1. The lowest BCUT2D eigenvalue weighted by Gasteiger charge is -2.53. The van der Waals surface area contributed by atoms with Crippen molar-refractivity contribution in [1.29, 1.82) is 0 Å². The fourth-order valence-corrected chi connectivity index (χ4v) is 4.31. The molecule has 4 rings (SSSR count). The Bertz CT molecular complexity index is 765. The maximum atomic E-state index is 12.6. The molecule has 2 heterocycles. The number of fused-ring (bicyclic) bond motifs is 1. The zero-order chi connectivity index (χ0) is 16.7. The van der Waals surface area contributed by atoms with E-state index < -0.39 is 0 Å². The van der Waals surface area contributed by atoms with Crippen LogP contribution in [0.4, 0.5) is 0 Å². The Labute approximate surface area is 140 Å². The first-order valence-corrected chi connectivity index (χ1v) is 8.75. The predicted molar refractivity (Wildman–Crippen MR) is 87.7 cm³/mol. The van der Waals surface area contributed by atoms with Gasteiger partial charge in [-0.25, -0.2) is 9.50 Å². The number of hydrogen-bond acceptors (Lipinski definition) is 5. The number of rotatable bonds is 4. The highest BCUT2D eigenvalue weighted by atomic mass is 16.5. The maximum Gasteiger partial charge on any atom is 0.291 e. The van der Waals surface area contributed by atoms with Gasteiger partial charge in [-0.3, -0.25) is 4.79 Å². The van der Waals surface area contributed by atoms with E-state index in [0.717, 1.165) is 31.6 Å². The first-order chi connectivity index (χ1) is 11.6. The van der Waals surface area contributed by atoms with Gasteiger partial charge in [0.1, 0.15) is 0 Å². The van der Waals surface area contributed by atoms with Crippen LogP contribution in [-0.2, 0) is 4.74 Å². The summed E-state index contributed by atoms with van der Waals surface area (Å²) in [6.07, 6.45) is 7.51. The summed E-state index contributed by atoms with van der Waals surface area (Å²) in [6.45, 7) is 4.67. The standard InChI is InChI=1S/C17H23N5O2/c1-3-24-13-10-12(17(13)7-4-5-8-17)19-15(23)14-20-16-18-9-6-11(2)22(16)21-14/h6,9,12-13H,3-5,7-8,10H2,1-2H3,(H,19,23)/t12-,13-/m0/s1. The highest BCUT2D eigenvalue weighted by Crippen LogP contribution is 2.54. The summed E-state index contributed by atoms with van der Waals surface area (Å²) in [6, 6.07) is 2.00. The van der Waals surface area contributed by atoms with Crippen molar-refractivity contribution in [2.75, 3.05) is 6.61 Å². The average molecular weight is 329 g/mol. The highest BCUT2D eigenvalue weighted by molar-refractivity contribution is 5.91. The molecular formula is C17H23N5O2. The molecule has 2 saturated carbocycles. The first kappa shape index (κ1) is 15.5. The molecule has 2 aromatic heterocycles. The molecule has 0 saturated heterocycles. The van der Waals surface area contributed by atoms with Crippen LogP contribution in [0.25, 0.3) is 5.78 Å². The lowest BCUT2D eigenvalue weighted by molar-refractivity contribution is -0.127. The molecule has 0 unspecified atom stereocenters. The van der Waals surface area contributed by atoms with Crippen molar-refractivity contribution in [2.45, 2.75) is 58.1 Å². The van der Waals surface area contributed by atoms with Gasteiger partial charge in [0, 0.05) is 30.0 Å². The quantitative estimate of drug-likeness (QED) is 0.926. The summed E-state index contributed by atoms with van der Waals surface area (Å²) in [4.78, 5) is 21.0. The lowest BCUT2D eigenvalue weighted by atomic mass is 9.60. The summed E-state index contributed by atoms with van der Waals surface area (Å²) in [5.74, 6) is 0.424. The van der Waals surface area contributed by atoms with Gasteiger partial charge >= 0.3 is 0 Å². The molecular weight excluding hydrogens is 306 g/mol. The number of carbonyl (C=O) groups excluding carboxylic acids is 1. The Kier molecular flexibility index (Phi) is 3.75. The van der Waals surface area contributed by atoms with Gasteiger partial charge in [-0.1, -0.05) is 12.8 Å². The zero-order valence-corrected chi connectivity index (χ0v) is 14.2. The van der Waals surface area contributed by atoms with Crippen molar-refractivity contribution in [3.05, 3.63) is 23.8 Å². The summed E-state index contributed by atoms with van der Waals surface area (Å²) < 4.78 is 7.50. The van der Waals surface area contributed by atoms with Gasteiger partial charge in [-0.2, -0.15) is 4.98 Å². The van der Waals surface area contributed by atoms with Crippen LogP contribution in [0.15, 0.2) is 12.3 Å². The van der Waals surface area contributed by atoms with Crippen LogP contribution in [0.2, 0.25) is 0 Å². The third-order valence-corrected chi connectivity index (χ3v) is 5.63. The third-order valence-electron chi connectivity index (χ3n) is 5.63. The number of hydrogen-bond donors (Lipinski definition) is 1. The molecule has 1 N–H and O–H groups in total. The maximum absolute atomic E-state index is 12.6. The molecule has 7 heteroatoms. The number of nitrogens with zero attached hydrogens (tertiary/aromatic N) is 4. The van der Waals surface area contributed by atoms with E-state index in [1.807, 2.05) is 19.9 Å². The molecule has 7 nitrogen and oxygen atoms in total. The van der Waals surface area contributed by atoms with E-state index in [-0.39, 0.29) is 29.3 Å². The van der Waals surface area contributed by atoms with Crippen molar-refractivity contribution >= 4 is 11.7 Å². The van der Waals surface area contributed by atoms with Gasteiger partial charge in [0.25, 0.3) is 11.7 Å². The Balaban J connectivity index is 1.52. The van der Waals surface area contributed by atoms with Crippen LogP contribution in [-0.4, -0.2) is 44.2 Å². The second kappa shape index (κ2) is 5.81. The molecule has 24 heavy (non-hydrogen) atoms. The van der Waals surface area contributed by atoms with Crippen LogP contribution in [0.5, 0.6) is 0 Å². The van der Waals surface area contributed by atoms with Crippen molar-refractivity contribution in [3.63, 3.8) is 0 Å². The van der Waals surface area contributed by atoms with Gasteiger partial charge in [0.2, 0.25) is 5.82 Å². The second-order valence-corrected chi connectivity index (χ2v) is 6.88. The van der Waals surface area contributed by atoms with Crippen molar-refractivity contribution < 1.29 is 9.53 Å². The Morgan fingerprint density at radius 1 is 1.46 bits per heavy atom. The van der Waals surface area contributed by atoms with E-state index in [9.17, 15) is 4.79 Å². The fraction of sp³-hybridized carbons (Fsp3) is 0.647. The zero-order valence-electron chi connectivity index (χ0n) is 14.2. The molecule has 2 aliphatic rings. The SMILES string of the molecule is CCO[C@H]1C[C@H](NC(=O)c2nc3nccc(C)n3n2)C12CCCC2. The molecule has 0 aliphatic heterocycles. The lowest BCUT2D eigenvalue weighted by Crippen LogP contribution is -2.63. The number of nitrogens with one attached hydrogen (secondary N) is 1. The van der Waals surface area contributed by atoms with E-state index in [1.165, 1.54) is 12.8 Å². The highest BCUT2D eigenvalue weighted by Gasteiger charge is 2.57. The molecule has 0 bridgehead atoms. The van der Waals surface area contributed by atoms with E-state index in [4.69, 9.17) is 4.74 Å². The van der Waals surface area contributed by atoms with E-state index >= 15 is 0 Å². The van der Waals surface area contributed by atoms with Crippen LogP contribution in [0.1, 0.15) is 55.3 Å². The van der Waals surface area contributed by atoms with Crippen LogP contribution in [0.3, 0.4) is 0 Å². The summed E-state index contributed by atoms with van der Waals surface area (Å²) in [7, 11) is 0. The predicted octanol–water partition coefficient (Wildman–Crippen LogP) is 1.90. The minimum atomic E-state index is -0.217. The smallest absolute Gasteiger partial charge is 0.291 e. The molecule has 2 aromatic rings. The van der Waals surface area contributed by atoms with Crippen LogP contribution >= 0.6 is 0 Å². The van der Waals surface area contributed by atoms with Crippen LogP contribution < -0.4 is 5.32 Å². The largest absolute Gasteiger partial charge is 0.378 e. The fourth-order valence-electron chi connectivity index (χ4n) is 4.31. The number of amides is 1. The molecule has 2 fully saturated rings. The Hall–Kier alpha value is -2.02. The molecule has 128 valence electrons.